The van der Waals surface area contributed by atoms with Crippen LogP contribution in [0.25, 0.3) is 0 Å². The standard InChI is InChI=1S/C33H46O16/c1-32(16-9-21(49-29(16)42)33(2)15(28(41)43-3)5-4-6-20(32)33)10-17(14-7-8-44-12-14)46-31-27(40)25(38)23(36)19(48-31)13-45-30-26(39)24(37)22(35)18(11-34)47-30/h5,7-8,12,16-27,30-31,34-40H,4,6,9-11,13H2,1-3H3. The smallest absolute Gasteiger partial charge is 0.334 e. The van der Waals surface area contributed by atoms with Crippen LogP contribution in [0.3, 0.4) is 0 Å². The molecule has 3 aliphatic heterocycles. The summed E-state index contributed by atoms with van der Waals surface area (Å²) in [6.45, 7) is 2.69. The summed E-state index contributed by atoms with van der Waals surface area (Å²) < 4.78 is 39.7. The van der Waals surface area contributed by atoms with E-state index in [4.69, 9.17) is 32.8 Å². The van der Waals surface area contributed by atoms with Crippen LogP contribution in [-0.4, -0.2) is 136 Å². The van der Waals surface area contributed by atoms with E-state index in [1.54, 1.807) is 6.07 Å². The lowest BCUT2D eigenvalue weighted by molar-refractivity contribution is -0.337. The number of furan rings is 1. The molecule has 1 aromatic heterocycles. The second-order valence-corrected chi connectivity index (χ2v) is 14.2. The van der Waals surface area contributed by atoms with Crippen molar-refractivity contribution in [2.45, 2.75) is 113 Å². The first-order valence-electron chi connectivity index (χ1n) is 16.5. The number of fused-ring (bicyclic) bond motifs is 4. The van der Waals surface area contributed by atoms with Gasteiger partial charge in [0.05, 0.1) is 44.9 Å². The first kappa shape index (κ1) is 36.3. The molecule has 0 amide bonds. The number of hydrogen-bond acceptors (Lipinski definition) is 16. The van der Waals surface area contributed by atoms with Crippen molar-refractivity contribution in [1.29, 1.82) is 0 Å². The monoisotopic (exact) mass is 698 g/mol. The maximum absolute atomic E-state index is 13.4. The van der Waals surface area contributed by atoms with Gasteiger partial charge in [-0.3, -0.25) is 4.79 Å². The van der Waals surface area contributed by atoms with E-state index >= 15 is 0 Å². The summed E-state index contributed by atoms with van der Waals surface area (Å²) in [5.74, 6) is -1.62. The van der Waals surface area contributed by atoms with Crippen molar-refractivity contribution in [3.63, 3.8) is 0 Å². The third kappa shape index (κ3) is 6.14. The maximum atomic E-state index is 13.4. The number of carbonyl (C=O) groups is 2. The summed E-state index contributed by atoms with van der Waals surface area (Å²) in [5, 5.41) is 72.6. The first-order chi connectivity index (χ1) is 23.3. The van der Waals surface area contributed by atoms with Crippen LogP contribution in [0.4, 0.5) is 0 Å². The normalized spacial score (nSPS) is 45.6. The molecule has 16 nitrogen and oxygen atoms in total. The van der Waals surface area contributed by atoms with Gasteiger partial charge in [-0.15, -0.1) is 0 Å². The average molecular weight is 699 g/mol. The van der Waals surface area contributed by atoms with Gasteiger partial charge in [0.15, 0.2) is 12.6 Å². The van der Waals surface area contributed by atoms with E-state index in [0.717, 1.165) is 0 Å². The van der Waals surface area contributed by atoms with Crippen molar-refractivity contribution < 1.29 is 78.2 Å². The summed E-state index contributed by atoms with van der Waals surface area (Å²) in [7, 11) is 1.31. The molecular weight excluding hydrogens is 652 g/mol. The van der Waals surface area contributed by atoms with E-state index in [0.29, 0.717) is 30.4 Å². The van der Waals surface area contributed by atoms with Crippen LogP contribution in [-0.2, 0) is 38.0 Å². The molecule has 6 rings (SSSR count). The Morgan fingerprint density at radius 1 is 0.980 bits per heavy atom. The molecule has 49 heavy (non-hydrogen) atoms. The number of ether oxygens (including phenoxy) is 6. The number of hydrogen-bond donors (Lipinski definition) is 7. The predicted octanol–water partition coefficient (Wildman–Crippen LogP) is -1.18. The van der Waals surface area contributed by atoms with E-state index < -0.39 is 110 Å². The van der Waals surface area contributed by atoms with Crippen molar-refractivity contribution in [1.82, 2.24) is 0 Å². The largest absolute Gasteiger partial charge is 0.472 e. The molecular formula is C33H46O16. The van der Waals surface area contributed by atoms with Crippen molar-refractivity contribution in [2.75, 3.05) is 20.3 Å². The Hall–Kier alpha value is -2.48. The third-order valence-electron chi connectivity index (χ3n) is 11.5. The number of aliphatic hydroxyl groups is 7. The van der Waals surface area contributed by atoms with Crippen LogP contribution in [0.1, 0.15) is 51.2 Å². The van der Waals surface area contributed by atoms with Crippen LogP contribution in [0.15, 0.2) is 34.7 Å². The zero-order chi connectivity index (χ0) is 35.4. The Morgan fingerprint density at radius 3 is 2.31 bits per heavy atom. The average Bonchev–Trinajstić information content (AvgIpc) is 3.76. The molecule has 0 aromatic carbocycles. The molecule has 274 valence electrons. The van der Waals surface area contributed by atoms with Gasteiger partial charge in [-0.1, -0.05) is 19.9 Å². The molecule has 1 aromatic rings. The Kier molecular flexibility index (Phi) is 10.3. The fraction of sp³-hybridized carbons (Fsp3) is 0.758. The zero-order valence-corrected chi connectivity index (χ0v) is 27.4. The summed E-state index contributed by atoms with van der Waals surface area (Å²) >= 11 is 0. The lowest BCUT2D eigenvalue weighted by atomic mass is 9.46. The molecule has 4 heterocycles. The number of aliphatic hydroxyl groups excluding tert-OH is 7. The second-order valence-electron chi connectivity index (χ2n) is 14.2. The molecule has 2 bridgehead atoms. The van der Waals surface area contributed by atoms with Crippen LogP contribution >= 0.6 is 0 Å². The van der Waals surface area contributed by atoms with Gasteiger partial charge >= 0.3 is 11.9 Å². The minimum absolute atomic E-state index is 0.186. The first-order valence-corrected chi connectivity index (χ1v) is 16.5. The Bertz CT molecular complexity index is 1370. The van der Waals surface area contributed by atoms with E-state index in [-0.39, 0.29) is 18.3 Å². The Balaban J connectivity index is 1.24. The van der Waals surface area contributed by atoms with Crippen LogP contribution in [0, 0.1) is 22.7 Å². The maximum Gasteiger partial charge on any atom is 0.334 e. The van der Waals surface area contributed by atoms with Gasteiger partial charge < -0.3 is 68.6 Å². The summed E-state index contributed by atoms with van der Waals surface area (Å²) in [5.41, 5.74) is -0.654. The molecule has 16 unspecified atom stereocenters. The minimum Gasteiger partial charge on any atom is -0.472 e. The van der Waals surface area contributed by atoms with Gasteiger partial charge in [-0.2, -0.15) is 0 Å². The fourth-order valence-electron chi connectivity index (χ4n) is 8.77. The van der Waals surface area contributed by atoms with E-state index in [1.165, 1.54) is 19.6 Å². The third-order valence-corrected chi connectivity index (χ3v) is 11.5. The molecule has 3 saturated heterocycles. The van der Waals surface area contributed by atoms with Gasteiger partial charge in [0.25, 0.3) is 0 Å². The molecule has 5 aliphatic rings. The quantitative estimate of drug-likeness (QED) is 0.142. The highest BCUT2D eigenvalue weighted by molar-refractivity contribution is 5.91. The number of rotatable bonds is 10. The number of esters is 2. The van der Waals surface area contributed by atoms with Gasteiger partial charge in [0.1, 0.15) is 54.9 Å². The number of carbonyl (C=O) groups excluding carboxylic acids is 2. The predicted molar refractivity (Wildman–Crippen MR) is 161 cm³/mol. The van der Waals surface area contributed by atoms with Crippen LogP contribution in [0.5, 0.6) is 0 Å². The van der Waals surface area contributed by atoms with Crippen LogP contribution in [0.2, 0.25) is 0 Å². The molecule has 0 radical (unpaired) electrons. The van der Waals surface area contributed by atoms with E-state index in [9.17, 15) is 45.3 Å². The van der Waals surface area contributed by atoms with Crippen molar-refractivity contribution in [3.8, 4) is 0 Å². The van der Waals surface area contributed by atoms with Crippen molar-refractivity contribution in [2.24, 2.45) is 22.7 Å². The zero-order valence-electron chi connectivity index (χ0n) is 27.4. The molecule has 16 atom stereocenters. The summed E-state index contributed by atoms with van der Waals surface area (Å²) in [6.07, 6.45) is -10.7. The Labute approximate surface area is 282 Å². The van der Waals surface area contributed by atoms with Gasteiger partial charge in [-0.25, -0.2) is 4.79 Å². The summed E-state index contributed by atoms with van der Waals surface area (Å²) in [4.78, 5) is 26.4. The molecule has 4 fully saturated rings. The van der Waals surface area contributed by atoms with Crippen molar-refractivity contribution >= 4 is 11.9 Å². The number of methoxy groups -OCH3 is 1. The fourth-order valence-corrected chi connectivity index (χ4v) is 8.77. The van der Waals surface area contributed by atoms with Gasteiger partial charge in [-0.05, 0) is 43.1 Å². The highest BCUT2D eigenvalue weighted by Gasteiger charge is 2.67. The second kappa shape index (κ2) is 13.9. The Morgan fingerprint density at radius 2 is 1.65 bits per heavy atom. The molecule has 0 spiro atoms. The van der Waals surface area contributed by atoms with E-state index in [2.05, 4.69) is 0 Å². The lowest BCUT2D eigenvalue weighted by Crippen LogP contribution is -2.62. The number of allylic oxidation sites excluding steroid dienone is 1. The SMILES string of the molecule is COC(=O)C1=CCCC2C(C)(CC(OC3OC(COC4OC(CO)C(O)C(O)C4O)C(O)C(O)C3O)c3ccoc3)C3CC(OC3=O)C12C. The van der Waals surface area contributed by atoms with Crippen LogP contribution < -0.4 is 0 Å². The molecule has 2 aliphatic carbocycles. The highest BCUT2D eigenvalue weighted by Crippen LogP contribution is 2.66. The van der Waals surface area contributed by atoms with Crippen molar-refractivity contribution in [3.05, 3.63) is 35.8 Å². The molecule has 16 heteroatoms. The lowest BCUT2D eigenvalue weighted by Gasteiger charge is -2.56. The highest BCUT2D eigenvalue weighted by atomic mass is 16.7. The van der Waals surface area contributed by atoms with E-state index in [1.807, 2.05) is 19.9 Å². The van der Waals surface area contributed by atoms with Gasteiger partial charge in [0.2, 0.25) is 0 Å². The summed E-state index contributed by atoms with van der Waals surface area (Å²) in [6, 6.07) is 1.66. The van der Waals surface area contributed by atoms with Gasteiger partial charge in [0, 0.05) is 16.6 Å². The molecule has 1 saturated carbocycles. The topological polar surface area (TPSA) is 244 Å². The minimum atomic E-state index is -1.77. The molecule has 7 N–H and O–H groups in total.